The van der Waals surface area contributed by atoms with Crippen LogP contribution in [0.3, 0.4) is 0 Å². The van der Waals surface area contributed by atoms with Gasteiger partial charge < -0.3 is 5.32 Å². The molecule has 0 saturated carbocycles. The van der Waals surface area contributed by atoms with Crippen LogP contribution in [0.4, 0.5) is 5.69 Å². The quantitative estimate of drug-likeness (QED) is 0.919. The average molecular weight is 305 g/mol. The van der Waals surface area contributed by atoms with Crippen molar-refractivity contribution in [2.24, 2.45) is 0 Å². The van der Waals surface area contributed by atoms with Crippen LogP contribution in [0.15, 0.2) is 41.0 Å². The molecule has 1 heterocycles. The van der Waals surface area contributed by atoms with Gasteiger partial charge in [0.2, 0.25) is 0 Å². The van der Waals surface area contributed by atoms with E-state index in [-0.39, 0.29) is 5.91 Å². The molecule has 4 heteroatoms. The maximum absolute atomic E-state index is 12.2. The second-order valence-corrected chi connectivity index (χ2v) is 4.86. The second-order valence-electron chi connectivity index (χ2n) is 4.00. The molecular formula is C14H13BrN2O. The molecule has 0 spiro atoms. The summed E-state index contributed by atoms with van der Waals surface area (Å²) >= 11 is 3.42. The van der Waals surface area contributed by atoms with Gasteiger partial charge in [-0.15, -0.1) is 0 Å². The number of hydrogen-bond acceptors (Lipinski definition) is 2. The molecule has 0 fully saturated rings. The molecule has 0 aliphatic carbocycles. The lowest BCUT2D eigenvalue weighted by molar-refractivity contribution is 0.102. The Balaban J connectivity index is 2.28. The van der Waals surface area contributed by atoms with Gasteiger partial charge in [0, 0.05) is 16.2 Å². The zero-order valence-electron chi connectivity index (χ0n) is 10.2. The number of carbonyl (C=O) groups excluding carboxylic acids is 1. The summed E-state index contributed by atoms with van der Waals surface area (Å²) in [5, 5.41) is 2.87. The molecule has 3 nitrogen and oxygen atoms in total. The fourth-order valence-corrected chi connectivity index (χ4v) is 2.03. The molecule has 1 amide bonds. The molecule has 1 aromatic carbocycles. The minimum atomic E-state index is -0.120. The molecule has 0 unspecified atom stereocenters. The number of nitrogens with one attached hydrogen (secondary N) is 1. The first kappa shape index (κ1) is 12.8. The van der Waals surface area contributed by atoms with Gasteiger partial charge in [0.15, 0.2) is 0 Å². The number of carbonyl (C=O) groups is 1. The van der Waals surface area contributed by atoms with Crippen molar-refractivity contribution in [1.82, 2.24) is 4.98 Å². The minimum absolute atomic E-state index is 0.120. The summed E-state index contributed by atoms with van der Waals surface area (Å²) in [7, 11) is 0. The van der Waals surface area contributed by atoms with E-state index >= 15 is 0 Å². The van der Waals surface area contributed by atoms with Crippen molar-refractivity contribution in [1.29, 1.82) is 0 Å². The Morgan fingerprint density at radius 2 is 2.00 bits per heavy atom. The summed E-state index contributed by atoms with van der Waals surface area (Å²) in [6, 6.07) is 9.22. The smallest absolute Gasteiger partial charge is 0.256 e. The molecule has 2 rings (SSSR count). The second kappa shape index (κ2) is 5.31. The molecule has 0 atom stereocenters. The van der Waals surface area contributed by atoms with Gasteiger partial charge >= 0.3 is 0 Å². The summed E-state index contributed by atoms with van der Waals surface area (Å²) in [5.74, 6) is -0.120. The van der Waals surface area contributed by atoms with Gasteiger partial charge in [0.25, 0.3) is 5.91 Å². The Morgan fingerprint density at radius 1 is 1.22 bits per heavy atom. The molecule has 92 valence electrons. The third kappa shape index (κ3) is 2.59. The lowest BCUT2D eigenvalue weighted by atomic mass is 10.1. The van der Waals surface area contributed by atoms with Gasteiger partial charge in [-0.2, -0.15) is 0 Å². The first-order valence-corrected chi connectivity index (χ1v) is 6.37. The third-order valence-corrected chi connectivity index (χ3v) is 3.63. The van der Waals surface area contributed by atoms with Crippen LogP contribution in [0.2, 0.25) is 0 Å². The van der Waals surface area contributed by atoms with Crippen molar-refractivity contribution in [3.63, 3.8) is 0 Å². The third-order valence-electron chi connectivity index (χ3n) is 2.77. The molecule has 18 heavy (non-hydrogen) atoms. The number of nitrogens with zero attached hydrogens (tertiary/aromatic N) is 1. The Kier molecular flexibility index (Phi) is 3.77. The first-order chi connectivity index (χ1) is 8.59. The molecule has 0 aliphatic heterocycles. The monoisotopic (exact) mass is 304 g/mol. The Hall–Kier alpha value is -1.68. The van der Waals surface area contributed by atoms with Crippen LogP contribution in [0.25, 0.3) is 0 Å². The molecular weight excluding hydrogens is 292 g/mol. The molecule has 1 N–H and O–H groups in total. The molecule has 1 aromatic heterocycles. The Morgan fingerprint density at radius 3 is 2.72 bits per heavy atom. The largest absolute Gasteiger partial charge is 0.320 e. The number of pyridine rings is 1. The minimum Gasteiger partial charge on any atom is -0.320 e. The highest BCUT2D eigenvalue weighted by molar-refractivity contribution is 9.10. The van der Waals surface area contributed by atoms with Gasteiger partial charge in [0.05, 0.1) is 11.4 Å². The van der Waals surface area contributed by atoms with E-state index in [0.717, 1.165) is 21.4 Å². The van der Waals surface area contributed by atoms with E-state index in [1.54, 1.807) is 18.3 Å². The van der Waals surface area contributed by atoms with Crippen LogP contribution in [0, 0.1) is 13.8 Å². The predicted octanol–water partition coefficient (Wildman–Crippen LogP) is 3.71. The van der Waals surface area contributed by atoms with Crippen LogP contribution in [0.5, 0.6) is 0 Å². The fourth-order valence-electron chi connectivity index (χ4n) is 1.66. The predicted molar refractivity (Wildman–Crippen MR) is 75.8 cm³/mol. The topological polar surface area (TPSA) is 42.0 Å². The van der Waals surface area contributed by atoms with Crippen molar-refractivity contribution < 1.29 is 4.79 Å². The highest BCUT2D eigenvalue weighted by atomic mass is 79.9. The fraction of sp³-hybridized carbons (Fsp3) is 0.143. The summed E-state index contributed by atoms with van der Waals surface area (Å²) < 4.78 is 0.929. The molecule has 0 bridgehead atoms. The Labute approximate surface area is 114 Å². The number of anilines is 1. The Bertz CT molecular complexity index is 596. The first-order valence-electron chi connectivity index (χ1n) is 5.57. The summed E-state index contributed by atoms with van der Waals surface area (Å²) in [4.78, 5) is 16.3. The van der Waals surface area contributed by atoms with Crippen molar-refractivity contribution in [2.75, 3.05) is 5.32 Å². The van der Waals surface area contributed by atoms with E-state index in [1.807, 2.05) is 32.0 Å². The number of aromatic nitrogens is 1. The highest BCUT2D eigenvalue weighted by Gasteiger charge is 2.11. The number of halogens is 1. The molecule has 0 aliphatic rings. The zero-order valence-corrected chi connectivity index (χ0v) is 11.8. The molecule has 0 saturated heterocycles. The van der Waals surface area contributed by atoms with E-state index in [2.05, 4.69) is 26.2 Å². The van der Waals surface area contributed by atoms with Crippen molar-refractivity contribution >= 4 is 27.5 Å². The van der Waals surface area contributed by atoms with Crippen molar-refractivity contribution in [3.05, 3.63) is 57.8 Å². The summed E-state index contributed by atoms with van der Waals surface area (Å²) in [6.07, 6.45) is 1.70. The van der Waals surface area contributed by atoms with Crippen molar-refractivity contribution in [3.8, 4) is 0 Å². The van der Waals surface area contributed by atoms with Crippen LogP contribution in [-0.2, 0) is 0 Å². The van der Waals surface area contributed by atoms with Gasteiger partial charge in [0.1, 0.15) is 0 Å². The van der Waals surface area contributed by atoms with Crippen LogP contribution in [0.1, 0.15) is 21.6 Å². The SMILES string of the molecule is Cc1ncccc1NC(=O)c1cccc(Br)c1C. The molecule has 2 aromatic rings. The van der Waals surface area contributed by atoms with Crippen LogP contribution < -0.4 is 5.32 Å². The lowest BCUT2D eigenvalue weighted by Gasteiger charge is -2.10. The van der Waals surface area contributed by atoms with Gasteiger partial charge in [-0.3, -0.25) is 9.78 Å². The van der Waals surface area contributed by atoms with E-state index in [1.165, 1.54) is 0 Å². The lowest BCUT2D eigenvalue weighted by Crippen LogP contribution is -2.14. The van der Waals surface area contributed by atoms with Gasteiger partial charge in [-0.05, 0) is 43.7 Å². The maximum Gasteiger partial charge on any atom is 0.256 e. The molecule has 0 radical (unpaired) electrons. The highest BCUT2D eigenvalue weighted by Crippen LogP contribution is 2.21. The van der Waals surface area contributed by atoms with Gasteiger partial charge in [-0.25, -0.2) is 0 Å². The van der Waals surface area contributed by atoms with E-state index in [0.29, 0.717) is 5.56 Å². The van der Waals surface area contributed by atoms with E-state index in [9.17, 15) is 4.79 Å². The van der Waals surface area contributed by atoms with Crippen LogP contribution in [-0.4, -0.2) is 10.9 Å². The van der Waals surface area contributed by atoms with E-state index < -0.39 is 0 Å². The van der Waals surface area contributed by atoms with E-state index in [4.69, 9.17) is 0 Å². The summed E-state index contributed by atoms with van der Waals surface area (Å²) in [5.41, 5.74) is 3.13. The average Bonchev–Trinajstić information content (AvgIpc) is 2.35. The number of rotatable bonds is 2. The van der Waals surface area contributed by atoms with Crippen LogP contribution >= 0.6 is 15.9 Å². The maximum atomic E-state index is 12.2. The number of hydrogen-bond donors (Lipinski definition) is 1. The number of benzene rings is 1. The number of aryl methyl sites for hydroxylation is 1. The van der Waals surface area contributed by atoms with Gasteiger partial charge in [-0.1, -0.05) is 22.0 Å². The van der Waals surface area contributed by atoms with Crippen molar-refractivity contribution in [2.45, 2.75) is 13.8 Å². The number of amides is 1. The normalized spacial score (nSPS) is 10.2. The summed E-state index contributed by atoms with van der Waals surface area (Å²) in [6.45, 7) is 3.78. The zero-order chi connectivity index (χ0) is 13.1. The standard InChI is InChI=1S/C14H13BrN2O/c1-9-11(5-3-6-12(9)15)14(18)17-13-7-4-8-16-10(13)2/h3-8H,1-2H3,(H,17,18).